The third-order valence-corrected chi connectivity index (χ3v) is 10.6. The second-order valence-electron chi connectivity index (χ2n) is 9.86. The molecule has 1 unspecified atom stereocenters. The van der Waals surface area contributed by atoms with Crippen molar-refractivity contribution >= 4 is 25.1 Å². The van der Waals surface area contributed by atoms with Crippen LogP contribution in [0.5, 0.6) is 0 Å². The summed E-state index contributed by atoms with van der Waals surface area (Å²) in [5.74, 6) is 0. The molecule has 0 aromatic heterocycles. The molecule has 1 atom stereocenters. The first kappa shape index (κ1) is 19.8. The largest absolute Gasteiger partial charge is 0.334 e. The standard InChI is InChI=1S/C28H33NSi/c1-20-19-27-25(24-16-9-12-21-11-7-8-15-23(21)24)17-10-18-26(27)28(20)30(2,3)29-22-13-5-4-6-14-22/h7-12,15-19,22,28-29H,4-6,13-14H2,1-3H3. The van der Waals surface area contributed by atoms with Gasteiger partial charge < -0.3 is 4.98 Å². The monoisotopic (exact) mass is 411 g/mol. The smallest absolute Gasteiger partial charge is 0.131 e. The average Bonchev–Trinajstić information content (AvgIpc) is 3.10. The summed E-state index contributed by atoms with van der Waals surface area (Å²) in [6.07, 6.45) is 9.39. The molecule has 0 heterocycles. The van der Waals surface area contributed by atoms with Crippen LogP contribution in [0.2, 0.25) is 13.1 Å². The van der Waals surface area contributed by atoms with Crippen molar-refractivity contribution in [1.29, 1.82) is 0 Å². The van der Waals surface area contributed by atoms with E-state index in [0.717, 1.165) is 6.04 Å². The minimum Gasteiger partial charge on any atom is -0.334 e. The van der Waals surface area contributed by atoms with E-state index in [4.69, 9.17) is 0 Å². The van der Waals surface area contributed by atoms with Gasteiger partial charge in [-0.25, -0.2) is 0 Å². The first-order valence-corrected chi connectivity index (χ1v) is 14.7. The Kier molecular flexibility index (Phi) is 5.16. The molecule has 1 fully saturated rings. The Balaban J connectivity index is 1.56. The van der Waals surface area contributed by atoms with E-state index >= 15 is 0 Å². The summed E-state index contributed by atoms with van der Waals surface area (Å²) in [6, 6.07) is 23.2. The maximum Gasteiger partial charge on any atom is 0.131 e. The molecule has 1 saturated carbocycles. The van der Waals surface area contributed by atoms with E-state index < -0.39 is 8.24 Å². The SMILES string of the molecule is CC1=Cc2c(-c3cccc4ccccc34)cccc2C1[Si](C)(C)NC1CCCCC1. The molecule has 2 aliphatic carbocycles. The summed E-state index contributed by atoms with van der Waals surface area (Å²) in [6.45, 7) is 7.45. The van der Waals surface area contributed by atoms with Gasteiger partial charge in [0.05, 0.1) is 0 Å². The van der Waals surface area contributed by atoms with Crippen LogP contribution in [0.3, 0.4) is 0 Å². The van der Waals surface area contributed by atoms with Gasteiger partial charge >= 0.3 is 0 Å². The summed E-state index contributed by atoms with van der Waals surface area (Å²) in [5, 5.41) is 2.66. The van der Waals surface area contributed by atoms with Gasteiger partial charge in [0.2, 0.25) is 0 Å². The molecule has 3 aromatic rings. The number of fused-ring (bicyclic) bond motifs is 2. The van der Waals surface area contributed by atoms with Crippen LogP contribution in [0.4, 0.5) is 0 Å². The highest BCUT2D eigenvalue weighted by atomic mass is 28.3. The molecular weight excluding hydrogens is 378 g/mol. The van der Waals surface area contributed by atoms with Crippen LogP contribution in [-0.2, 0) is 0 Å². The Labute approximate surface area is 182 Å². The first-order chi connectivity index (χ1) is 14.5. The fraction of sp³-hybridized carbons (Fsp3) is 0.357. The normalized spacial score (nSPS) is 19.7. The zero-order valence-corrected chi connectivity index (χ0v) is 19.5. The van der Waals surface area contributed by atoms with Crippen molar-refractivity contribution in [3.05, 3.63) is 77.4 Å². The third-order valence-electron chi connectivity index (χ3n) is 7.26. The Morgan fingerprint density at radius 2 is 1.50 bits per heavy atom. The summed E-state index contributed by atoms with van der Waals surface area (Å²) >= 11 is 0. The quantitative estimate of drug-likeness (QED) is 0.434. The van der Waals surface area contributed by atoms with E-state index in [0.29, 0.717) is 5.54 Å². The minimum absolute atomic E-state index is 0.560. The van der Waals surface area contributed by atoms with E-state index in [1.165, 1.54) is 70.7 Å². The second-order valence-corrected chi connectivity index (χ2v) is 14.2. The maximum atomic E-state index is 4.20. The van der Waals surface area contributed by atoms with E-state index in [-0.39, 0.29) is 0 Å². The van der Waals surface area contributed by atoms with Crippen LogP contribution in [-0.4, -0.2) is 14.3 Å². The maximum absolute atomic E-state index is 4.20. The van der Waals surface area contributed by atoms with E-state index in [1.807, 2.05) is 0 Å². The molecule has 0 saturated heterocycles. The average molecular weight is 412 g/mol. The Hall–Kier alpha value is -2.16. The summed E-state index contributed by atoms with van der Waals surface area (Å²) in [7, 11) is -1.67. The highest BCUT2D eigenvalue weighted by molar-refractivity contribution is 6.77. The van der Waals surface area contributed by atoms with Gasteiger partial charge in [0.25, 0.3) is 0 Å². The molecule has 1 N–H and O–H groups in total. The van der Waals surface area contributed by atoms with Gasteiger partial charge in [0, 0.05) is 11.6 Å². The number of rotatable bonds is 4. The molecular formula is C28H33NSi. The van der Waals surface area contributed by atoms with Crippen molar-refractivity contribution in [1.82, 2.24) is 4.98 Å². The second kappa shape index (κ2) is 7.83. The molecule has 0 aliphatic heterocycles. The highest BCUT2D eigenvalue weighted by Gasteiger charge is 2.40. The van der Waals surface area contributed by atoms with Gasteiger partial charge in [-0.2, -0.15) is 0 Å². The molecule has 2 aliphatic rings. The lowest BCUT2D eigenvalue weighted by Gasteiger charge is -2.38. The van der Waals surface area contributed by atoms with Crippen LogP contribution in [0.1, 0.15) is 55.7 Å². The predicted octanol–water partition coefficient (Wildman–Crippen LogP) is 7.67. The van der Waals surface area contributed by atoms with Crippen LogP contribution < -0.4 is 4.98 Å². The summed E-state index contributed by atoms with van der Waals surface area (Å²) in [4.78, 5) is 4.20. The van der Waals surface area contributed by atoms with Gasteiger partial charge in [-0.15, -0.1) is 0 Å². The Bertz CT molecular complexity index is 1100. The van der Waals surface area contributed by atoms with Crippen molar-refractivity contribution in [2.75, 3.05) is 0 Å². The third kappa shape index (κ3) is 3.46. The Morgan fingerprint density at radius 3 is 2.33 bits per heavy atom. The van der Waals surface area contributed by atoms with Crippen molar-refractivity contribution in [2.45, 2.75) is 63.7 Å². The fourth-order valence-corrected chi connectivity index (χ4v) is 9.82. The van der Waals surface area contributed by atoms with Crippen LogP contribution >= 0.6 is 0 Å². The van der Waals surface area contributed by atoms with Gasteiger partial charge in [-0.3, -0.25) is 0 Å². The zero-order valence-electron chi connectivity index (χ0n) is 18.5. The summed E-state index contributed by atoms with van der Waals surface area (Å²) < 4.78 is 0. The van der Waals surface area contributed by atoms with Crippen LogP contribution in [0, 0.1) is 0 Å². The Morgan fingerprint density at radius 1 is 0.800 bits per heavy atom. The van der Waals surface area contributed by atoms with Crippen molar-refractivity contribution in [2.24, 2.45) is 0 Å². The van der Waals surface area contributed by atoms with Gasteiger partial charge in [0.1, 0.15) is 8.24 Å². The molecule has 30 heavy (non-hydrogen) atoms. The van der Waals surface area contributed by atoms with Crippen molar-refractivity contribution in [3.8, 4) is 11.1 Å². The first-order valence-electron chi connectivity index (χ1n) is 11.6. The molecule has 2 heteroatoms. The molecule has 0 radical (unpaired) electrons. The van der Waals surface area contributed by atoms with Crippen molar-refractivity contribution < 1.29 is 0 Å². The minimum atomic E-state index is -1.67. The molecule has 0 bridgehead atoms. The molecule has 5 rings (SSSR count). The molecule has 154 valence electrons. The number of hydrogen-bond donors (Lipinski definition) is 1. The van der Waals surface area contributed by atoms with Crippen LogP contribution in [0.15, 0.2) is 66.2 Å². The van der Waals surface area contributed by atoms with E-state index in [9.17, 15) is 0 Å². The fourth-order valence-electron chi connectivity index (χ4n) is 6.06. The van der Waals surface area contributed by atoms with Gasteiger partial charge in [0.15, 0.2) is 0 Å². The lowest BCUT2D eigenvalue weighted by molar-refractivity contribution is 0.412. The topological polar surface area (TPSA) is 12.0 Å². The number of hydrogen-bond acceptors (Lipinski definition) is 1. The number of benzene rings is 3. The van der Waals surface area contributed by atoms with E-state index in [2.05, 4.69) is 91.7 Å². The predicted molar refractivity (Wildman–Crippen MR) is 133 cm³/mol. The summed E-state index contributed by atoms with van der Waals surface area (Å²) in [5.41, 5.74) is 7.82. The van der Waals surface area contributed by atoms with Gasteiger partial charge in [-0.1, -0.05) is 105 Å². The molecule has 0 spiro atoms. The number of allylic oxidation sites excluding steroid dienone is 1. The lowest BCUT2D eigenvalue weighted by atomic mass is 9.93. The molecule has 1 nitrogen and oxygen atoms in total. The highest BCUT2D eigenvalue weighted by Crippen LogP contribution is 2.46. The van der Waals surface area contributed by atoms with Crippen LogP contribution in [0.25, 0.3) is 28.0 Å². The molecule has 3 aromatic carbocycles. The molecule has 0 amide bonds. The lowest BCUT2D eigenvalue weighted by Crippen LogP contribution is -2.55. The van der Waals surface area contributed by atoms with Gasteiger partial charge in [-0.05, 0) is 52.8 Å². The van der Waals surface area contributed by atoms with E-state index in [1.54, 1.807) is 0 Å². The number of nitrogens with one attached hydrogen (secondary N) is 1. The van der Waals surface area contributed by atoms with Crippen molar-refractivity contribution in [3.63, 3.8) is 0 Å². The zero-order chi connectivity index (χ0) is 20.7.